The summed E-state index contributed by atoms with van der Waals surface area (Å²) in [6.45, 7) is 1.93. The van der Waals surface area contributed by atoms with Crippen LogP contribution < -0.4 is 4.74 Å². The van der Waals surface area contributed by atoms with Gasteiger partial charge < -0.3 is 9.84 Å². The van der Waals surface area contributed by atoms with Gasteiger partial charge in [-0.15, -0.1) is 0 Å². The monoisotopic (exact) mass is 312 g/mol. The van der Waals surface area contributed by atoms with Gasteiger partial charge in [-0.1, -0.05) is 6.92 Å². The number of carboxylic acid groups (broad SMARTS) is 1. The van der Waals surface area contributed by atoms with Crippen LogP contribution in [0.2, 0.25) is 0 Å². The normalized spacial score (nSPS) is 11.1. The molecule has 0 atom stereocenters. The third-order valence-electron chi connectivity index (χ3n) is 2.85. The van der Waals surface area contributed by atoms with E-state index in [1.807, 2.05) is 6.07 Å². The Labute approximate surface area is 123 Å². The van der Waals surface area contributed by atoms with Crippen LogP contribution in [0.4, 0.5) is 0 Å². The summed E-state index contributed by atoms with van der Waals surface area (Å²) in [4.78, 5) is 10.8. The van der Waals surface area contributed by atoms with Crippen molar-refractivity contribution in [1.29, 1.82) is 5.26 Å². The van der Waals surface area contributed by atoms with Gasteiger partial charge in [-0.05, 0) is 18.2 Å². The first-order valence-electron chi connectivity index (χ1n) is 6.16. The molecule has 0 aliphatic heterocycles. The van der Waals surface area contributed by atoms with E-state index in [9.17, 15) is 13.2 Å². The molecule has 0 radical (unpaired) electrons. The number of benzene rings is 1. The zero-order chi connectivity index (χ0) is 16.0. The van der Waals surface area contributed by atoms with Crippen LogP contribution in [-0.2, 0) is 10.0 Å². The molecular formula is C13H16N2O5S. The zero-order valence-electron chi connectivity index (χ0n) is 11.7. The fraction of sp³-hybridized carbons (Fsp3) is 0.385. The van der Waals surface area contributed by atoms with Gasteiger partial charge >= 0.3 is 5.97 Å². The number of hydrogen-bond acceptors (Lipinski definition) is 5. The molecule has 0 unspecified atom stereocenters. The molecule has 8 heteroatoms. The van der Waals surface area contributed by atoms with Crippen molar-refractivity contribution in [3.8, 4) is 11.8 Å². The zero-order valence-corrected chi connectivity index (χ0v) is 12.6. The molecule has 1 N–H and O–H groups in total. The molecular weight excluding hydrogens is 296 g/mol. The molecule has 7 nitrogen and oxygen atoms in total. The predicted octanol–water partition coefficient (Wildman–Crippen LogP) is 1.32. The first kappa shape index (κ1) is 16.9. The number of nitriles is 1. The summed E-state index contributed by atoms with van der Waals surface area (Å²) in [5, 5.41) is 17.5. The summed E-state index contributed by atoms with van der Waals surface area (Å²) in [7, 11) is -2.57. The van der Waals surface area contributed by atoms with Gasteiger partial charge in [0.2, 0.25) is 10.0 Å². The van der Waals surface area contributed by atoms with E-state index in [1.165, 1.54) is 19.2 Å². The average molecular weight is 312 g/mol. The Bertz CT molecular complexity index is 664. The largest absolute Gasteiger partial charge is 0.495 e. The highest BCUT2D eigenvalue weighted by atomic mass is 32.2. The van der Waals surface area contributed by atoms with E-state index in [0.29, 0.717) is 0 Å². The molecule has 1 aromatic rings. The molecule has 0 bridgehead atoms. The van der Waals surface area contributed by atoms with Gasteiger partial charge in [-0.3, -0.25) is 0 Å². The minimum absolute atomic E-state index is 0.0368. The SMILES string of the molecule is CCN(CCC#N)S(=O)(=O)c1ccc(C(=O)O)cc1OC. The molecule has 0 aliphatic carbocycles. The summed E-state index contributed by atoms with van der Waals surface area (Å²) < 4.78 is 31.2. The topological polar surface area (TPSA) is 108 Å². The lowest BCUT2D eigenvalue weighted by atomic mass is 10.2. The number of sulfonamides is 1. The Hall–Kier alpha value is -2.11. The van der Waals surface area contributed by atoms with Crippen LogP contribution in [0.3, 0.4) is 0 Å². The van der Waals surface area contributed by atoms with Crippen LogP contribution in [0.15, 0.2) is 23.1 Å². The third-order valence-corrected chi connectivity index (χ3v) is 4.87. The summed E-state index contributed by atoms with van der Waals surface area (Å²) in [5.74, 6) is -1.21. The first-order valence-corrected chi connectivity index (χ1v) is 7.60. The van der Waals surface area contributed by atoms with Crippen molar-refractivity contribution in [2.45, 2.75) is 18.2 Å². The van der Waals surface area contributed by atoms with Crippen LogP contribution in [-0.4, -0.2) is 44.0 Å². The minimum atomic E-state index is -3.84. The molecule has 0 aliphatic rings. The molecule has 114 valence electrons. The van der Waals surface area contributed by atoms with Crippen molar-refractivity contribution in [2.75, 3.05) is 20.2 Å². The van der Waals surface area contributed by atoms with E-state index in [1.54, 1.807) is 6.92 Å². The molecule has 0 fully saturated rings. The Morgan fingerprint density at radius 2 is 2.14 bits per heavy atom. The maximum absolute atomic E-state index is 12.5. The van der Waals surface area contributed by atoms with Crippen molar-refractivity contribution < 1.29 is 23.1 Å². The molecule has 1 aromatic carbocycles. The molecule has 21 heavy (non-hydrogen) atoms. The molecule has 0 heterocycles. The van der Waals surface area contributed by atoms with Gasteiger partial charge in [0.25, 0.3) is 0 Å². The van der Waals surface area contributed by atoms with Crippen molar-refractivity contribution in [2.24, 2.45) is 0 Å². The van der Waals surface area contributed by atoms with Crippen molar-refractivity contribution in [3.63, 3.8) is 0 Å². The van der Waals surface area contributed by atoms with Gasteiger partial charge in [0, 0.05) is 19.5 Å². The van der Waals surface area contributed by atoms with E-state index >= 15 is 0 Å². The standard InChI is InChI=1S/C13H16N2O5S/c1-3-15(8-4-7-14)21(18,19)12-6-5-10(13(16)17)9-11(12)20-2/h5-6,9H,3-4,8H2,1-2H3,(H,16,17). The van der Waals surface area contributed by atoms with E-state index in [-0.39, 0.29) is 35.7 Å². The lowest BCUT2D eigenvalue weighted by Crippen LogP contribution is -2.32. The molecule has 0 aromatic heterocycles. The lowest BCUT2D eigenvalue weighted by molar-refractivity contribution is 0.0696. The molecule has 0 spiro atoms. The summed E-state index contributed by atoms with van der Waals surface area (Å²) in [6, 6.07) is 5.46. The van der Waals surface area contributed by atoms with Crippen molar-refractivity contribution in [3.05, 3.63) is 23.8 Å². The predicted molar refractivity (Wildman–Crippen MR) is 74.6 cm³/mol. The Kier molecular flexibility index (Phi) is 5.69. The Balaban J connectivity index is 3.30. The van der Waals surface area contributed by atoms with Gasteiger partial charge in [0.05, 0.1) is 18.7 Å². The summed E-state index contributed by atoms with van der Waals surface area (Å²) in [6.07, 6.45) is 0.0720. The van der Waals surface area contributed by atoms with Crippen molar-refractivity contribution >= 4 is 16.0 Å². The van der Waals surface area contributed by atoms with E-state index < -0.39 is 16.0 Å². The van der Waals surface area contributed by atoms with E-state index in [2.05, 4.69) is 0 Å². The second kappa shape index (κ2) is 7.06. The average Bonchev–Trinajstić information content (AvgIpc) is 2.46. The van der Waals surface area contributed by atoms with Gasteiger partial charge in [-0.25, -0.2) is 13.2 Å². The smallest absolute Gasteiger partial charge is 0.335 e. The molecule has 0 saturated heterocycles. The van der Waals surface area contributed by atoms with Gasteiger partial charge in [-0.2, -0.15) is 9.57 Å². The molecule has 1 rings (SSSR count). The number of hydrogen-bond donors (Lipinski definition) is 1. The highest BCUT2D eigenvalue weighted by molar-refractivity contribution is 7.89. The van der Waals surface area contributed by atoms with Crippen molar-refractivity contribution in [1.82, 2.24) is 4.31 Å². The lowest BCUT2D eigenvalue weighted by Gasteiger charge is -2.20. The fourth-order valence-electron chi connectivity index (χ4n) is 1.78. The second-order valence-electron chi connectivity index (χ2n) is 4.08. The van der Waals surface area contributed by atoms with Gasteiger partial charge in [0.1, 0.15) is 10.6 Å². The minimum Gasteiger partial charge on any atom is -0.495 e. The number of aromatic carboxylic acids is 1. The Morgan fingerprint density at radius 3 is 2.62 bits per heavy atom. The maximum atomic E-state index is 12.5. The Morgan fingerprint density at radius 1 is 1.48 bits per heavy atom. The van der Waals surface area contributed by atoms with Gasteiger partial charge in [0.15, 0.2) is 0 Å². The number of methoxy groups -OCH3 is 1. The summed E-state index contributed by atoms with van der Waals surface area (Å²) in [5.41, 5.74) is -0.0640. The van der Waals surface area contributed by atoms with Crippen LogP contribution in [0.1, 0.15) is 23.7 Å². The maximum Gasteiger partial charge on any atom is 0.335 e. The highest BCUT2D eigenvalue weighted by Gasteiger charge is 2.27. The quantitative estimate of drug-likeness (QED) is 0.813. The summed E-state index contributed by atoms with van der Waals surface area (Å²) >= 11 is 0. The first-order chi connectivity index (χ1) is 9.88. The molecule has 0 amide bonds. The van der Waals surface area contributed by atoms with E-state index in [0.717, 1.165) is 10.4 Å². The van der Waals surface area contributed by atoms with Crippen LogP contribution in [0.25, 0.3) is 0 Å². The van der Waals surface area contributed by atoms with Crippen LogP contribution in [0.5, 0.6) is 5.75 Å². The third kappa shape index (κ3) is 3.71. The van der Waals surface area contributed by atoms with Crippen LogP contribution in [0, 0.1) is 11.3 Å². The number of carbonyl (C=O) groups is 1. The van der Waals surface area contributed by atoms with Crippen LogP contribution >= 0.6 is 0 Å². The second-order valence-corrected chi connectivity index (χ2v) is 5.98. The van der Waals surface area contributed by atoms with E-state index in [4.69, 9.17) is 15.1 Å². The number of nitrogens with zero attached hydrogens (tertiary/aromatic N) is 2. The molecule has 0 saturated carbocycles. The fourth-order valence-corrected chi connectivity index (χ4v) is 3.36. The highest BCUT2D eigenvalue weighted by Crippen LogP contribution is 2.28. The number of carboxylic acids is 1. The number of ether oxygens (including phenoxy) is 1. The number of rotatable bonds is 7.